The summed E-state index contributed by atoms with van der Waals surface area (Å²) in [4.78, 5) is 23.1. The van der Waals surface area contributed by atoms with E-state index in [1.165, 1.54) is 17.8 Å². The third-order valence-electron chi connectivity index (χ3n) is 3.24. The Morgan fingerprint density at radius 2 is 2.00 bits per heavy atom. The van der Waals surface area contributed by atoms with E-state index < -0.39 is 11.8 Å². The molecule has 0 radical (unpaired) electrons. The normalized spacial score (nSPS) is 10.9. The maximum absolute atomic E-state index is 12.2. The molecule has 2 aromatic carbocycles. The molecule has 134 valence electrons. The van der Waals surface area contributed by atoms with E-state index in [-0.39, 0.29) is 0 Å². The Labute approximate surface area is 158 Å². The number of nitrogens with zero attached hydrogens (tertiary/aromatic N) is 1. The highest BCUT2D eigenvalue weighted by atomic mass is 79.9. The van der Waals surface area contributed by atoms with Gasteiger partial charge in [0.15, 0.2) is 0 Å². The minimum atomic E-state index is -0.657. The first-order valence-electron chi connectivity index (χ1n) is 7.42. The number of carbonyl (C=O) groups is 2. The number of ether oxygens (including phenoxy) is 1. The van der Waals surface area contributed by atoms with Gasteiger partial charge in [0.05, 0.1) is 17.8 Å². The molecule has 2 aromatic rings. The molecular formula is C18H16BrN3O4. The van der Waals surface area contributed by atoms with Gasteiger partial charge in [-0.2, -0.15) is 5.10 Å². The van der Waals surface area contributed by atoms with E-state index in [4.69, 9.17) is 9.94 Å². The molecule has 0 fully saturated rings. The molecule has 0 heterocycles. The SMILES string of the molecule is COc1ccc(/C=N/NC(=O)c2cccc(/C=C/C(=O)NO)c2)cc1Br. The number of hydrogen-bond donors (Lipinski definition) is 3. The Hall–Kier alpha value is -2.97. The third kappa shape index (κ3) is 5.54. The summed E-state index contributed by atoms with van der Waals surface area (Å²) in [7, 11) is 1.58. The van der Waals surface area contributed by atoms with Crippen LogP contribution in [0.2, 0.25) is 0 Å². The number of hydrogen-bond acceptors (Lipinski definition) is 5. The molecule has 0 aliphatic heterocycles. The van der Waals surface area contributed by atoms with E-state index in [0.717, 1.165) is 16.1 Å². The number of nitrogens with one attached hydrogen (secondary N) is 2. The molecule has 2 rings (SSSR count). The summed E-state index contributed by atoms with van der Waals surface area (Å²) in [6, 6.07) is 12.0. The van der Waals surface area contributed by atoms with Crippen molar-refractivity contribution in [1.29, 1.82) is 0 Å². The average Bonchev–Trinajstić information content (AvgIpc) is 2.66. The van der Waals surface area contributed by atoms with Crippen molar-refractivity contribution in [2.75, 3.05) is 7.11 Å². The Bertz CT molecular complexity index is 865. The van der Waals surface area contributed by atoms with Crippen LogP contribution in [0.1, 0.15) is 21.5 Å². The molecule has 26 heavy (non-hydrogen) atoms. The second kappa shape index (κ2) is 9.50. The molecule has 0 saturated heterocycles. The quantitative estimate of drug-likeness (QED) is 0.291. The molecule has 0 bridgehead atoms. The minimum Gasteiger partial charge on any atom is -0.496 e. The summed E-state index contributed by atoms with van der Waals surface area (Å²) < 4.78 is 5.93. The van der Waals surface area contributed by atoms with Gasteiger partial charge < -0.3 is 4.74 Å². The topological polar surface area (TPSA) is 100 Å². The number of hydrazone groups is 1. The summed E-state index contributed by atoms with van der Waals surface area (Å²) in [6.07, 6.45) is 4.13. The number of methoxy groups -OCH3 is 1. The smallest absolute Gasteiger partial charge is 0.271 e. The van der Waals surface area contributed by atoms with Crippen LogP contribution >= 0.6 is 15.9 Å². The van der Waals surface area contributed by atoms with Crippen LogP contribution in [0, 0.1) is 0 Å². The van der Waals surface area contributed by atoms with Crippen LogP contribution in [0.3, 0.4) is 0 Å². The molecule has 8 heteroatoms. The fourth-order valence-electron chi connectivity index (χ4n) is 1.99. The van der Waals surface area contributed by atoms with Gasteiger partial charge in [0.1, 0.15) is 5.75 Å². The molecule has 0 spiro atoms. The Balaban J connectivity index is 2.02. The monoisotopic (exact) mass is 417 g/mol. The fourth-order valence-corrected chi connectivity index (χ4v) is 2.54. The van der Waals surface area contributed by atoms with Gasteiger partial charge in [-0.1, -0.05) is 12.1 Å². The van der Waals surface area contributed by atoms with E-state index in [0.29, 0.717) is 16.9 Å². The number of hydroxylamine groups is 1. The van der Waals surface area contributed by atoms with E-state index in [1.807, 2.05) is 6.07 Å². The van der Waals surface area contributed by atoms with Crippen LogP contribution in [0.15, 0.2) is 58.1 Å². The van der Waals surface area contributed by atoms with Gasteiger partial charge in [-0.25, -0.2) is 10.9 Å². The van der Waals surface area contributed by atoms with Crippen LogP contribution in [-0.4, -0.2) is 30.3 Å². The molecule has 0 aliphatic carbocycles. The van der Waals surface area contributed by atoms with Gasteiger partial charge in [0, 0.05) is 11.6 Å². The van der Waals surface area contributed by atoms with Crippen LogP contribution in [0.5, 0.6) is 5.75 Å². The molecule has 0 aromatic heterocycles. The van der Waals surface area contributed by atoms with Crippen molar-refractivity contribution in [3.05, 3.63) is 69.7 Å². The van der Waals surface area contributed by atoms with Gasteiger partial charge in [-0.3, -0.25) is 14.8 Å². The third-order valence-corrected chi connectivity index (χ3v) is 3.86. The Morgan fingerprint density at radius 1 is 1.19 bits per heavy atom. The maximum atomic E-state index is 12.2. The van der Waals surface area contributed by atoms with Crippen LogP contribution in [0.4, 0.5) is 0 Å². The second-order valence-electron chi connectivity index (χ2n) is 5.03. The van der Waals surface area contributed by atoms with Crippen molar-refractivity contribution in [3.63, 3.8) is 0 Å². The summed E-state index contributed by atoms with van der Waals surface area (Å²) in [5.41, 5.74) is 5.72. The summed E-state index contributed by atoms with van der Waals surface area (Å²) >= 11 is 3.38. The lowest BCUT2D eigenvalue weighted by atomic mass is 10.1. The zero-order valence-corrected chi connectivity index (χ0v) is 15.4. The zero-order chi connectivity index (χ0) is 18.9. The predicted molar refractivity (Wildman–Crippen MR) is 101 cm³/mol. The van der Waals surface area contributed by atoms with Gasteiger partial charge in [0.2, 0.25) is 0 Å². The summed E-state index contributed by atoms with van der Waals surface area (Å²) in [6.45, 7) is 0. The number of amides is 2. The lowest BCUT2D eigenvalue weighted by Crippen LogP contribution is -2.17. The average molecular weight is 418 g/mol. The van der Waals surface area contributed by atoms with E-state index in [2.05, 4.69) is 26.5 Å². The number of carbonyl (C=O) groups excluding carboxylic acids is 2. The van der Waals surface area contributed by atoms with Gasteiger partial charge in [-0.05, 0) is 63.5 Å². The van der Waals surface area contributed by atoms with Crippen LogP contribution in [0.25, 0.3) is 6.08 Å². The number of rotatable bonds is 6. The lowest BCUT2D eigenvalue weighted by Gasteiger charge is -2.03. The molecule has 0 unspecified atom stereocenters. The van der Waals surface area contributed by atoms with E-state index in [9.17, 15) is 9.59 Å². The lowest BCUT2D eigenvalue weighted by molar-refractivity contribution is -0.124. The molecule has 0 saturated carbocycles. The molecule has 0 aliphatic rings. The van der Waals surface area contributed by atoms with Crippen molar-refractivity contribution < 1.29 is 19.5 Å². The Morgan fingerprint density at radius 3 is 2.69 bits per heavy atom. The molecule has 7 nitrogen and oxygen atoms in total. The summed E-state index contributed by atoms with van der Waals surface area (Å²) in [5.74, 6) is -0.350. The minimum absolute atomic E-state index is 0.379. The largest absolute Gasteiger partial charge is 0.496 e. The highest BCUT2D eigenvalue weighted by Gasteiger charge is 2.05. The molecule has 0 atom stereocenters. The highest BCUT2D eigenvalue weighted by molar-refractivity contribution is 9.10. The van der Waals surface area contributed by atoms with Crippen molar-refractivity contribution in [2.24, 2.45) is 5.10 Å². The van der Waals surface area contributed by atoms with Crippen molar-refractivity contribution in [3.8, 4) is 5.75 Å². The predicted octanol–water partition coefficient (Wildman–Crippen LogP) is 2.74. The molecule has 2 amide bonds. The van der Waals surface area contributed by atoms with Gasteiger partial charge in [0.25, 0.3) is 11.8 Å². The van der Waals surface area contributed by atoms with Crippen molar-refractivity contribution in [1.82, 2.24) is 10.9 Å². The highest BCUT2D eigenvalue weighted by Crippen LogP contribution is 2.24. The first-order chi connectivity index (χ1) is 12.5. The van der Waals surface area contributed by atoms with Gasteiger partial charge in [-0.15, -0.1) is 0 Å². The van der Waals surface area contributed by atoms with Crippen LogP contribution in [-0.2, 0) is 4.79 Å². The Kier molecular flexibility index (Phi) is 7.07. The second-order valence-corrected chi connectivity index (χ2v) is 5.88. The molecular weight excluding hydrogens is 402 g/mol. The summed E-state index contributed by atoms with van der Waals surface area (Å²) in [5, 5.41) is 12.4. The number of benzene rings is 2. The maximum Gasteiger partial charge on any atom is 0.271 e. The van der Waals surface area contributed by atoms with Crippen molar-refractivity contribution >= 4 is 40.0 Å². The van der Waals surface area contributed by atoms with Gasteiger partial charge >= 0.3 is 0 Å². The first kappa shape index (κ1) is 19.4. The zero-order valence-electron chi connectivity index (χ0n) is 13.8. The van der Waals surface area contributed by atoms with Crippen molar-refractivity contribution in [2.45, 2.75) is 0 Å². The molecule has 3 N–H and O–H groups in total. The first-order valence-corrected chi connectivity index (χ1v) is 8.22. The van der Waals surface area contributed by atoms with Crippen LogP contribution < -0.4 is 15.6 Å². The number of halogens is 1. The van der Waals surface area contributed by atoms with E-state index >= 15 is 0 Å². The standard InChI is InChI=1S/C18H16BrN3O4/c1-26-16-7-5-13(10-15(16)19)11-20-21-18(24)14-4-2-3-12(9-14)6-8-17(23)22-25/h2-11,25H,1H3,(H,21,24)(H,22,23)/b8-6+,20-11+. The fraction of sp³-hybridized carbons (Fsp3) is 0.0556. The van der Waals surface area contributed by atoms with E-state index in [1.54, 1.807) is 43.5 Å².